The maximum Gasteiger partial charge on any atom is 0.123 e. The van der Waals surface area contributed by atoms with E-state index < -0.39 is 0 Å². The van der Waals surface area contributed by atoms with Crippen LogP contribution >= 0.6 is 0 Å². The van der Waals surface area contributed by atoms with Crippen LogP contribution in [0, 0.1) is 0 Å². The zero-order valence-electron chi connectivity index (χ0n) is 11.1. The molecule has 1 aliphatic rings. The third-order valence-electron chi connectivity index (χ3n) is 3.57. The summed E-state index contributed by atoms with van der Waals surface area (Å²) in [6.07, 6.45) is 0.149. The van der Waals surface area contributed by atoms with Crippen molar-refractivity contribution >= 4 is 0 Å². The number of methoxy groups -OCH3 is 1. The summed E-state index contributed by atoms with van der Waals surface area (Å²) in [5, 5.41) is 0. The number of nitrogens with zero attached hydrogens (tertiary/aromatic N) is 1. The molecule has 1 aromatic carbocycles. The molecule has 1 saturated heterocycles. The molecule has 0 bridgehead atoms. The van der Waals surface area contributed by atoms with E-state index in [-0.39, 0.29) is 6.10 Å². The van der Waals surface area contributed by atoms with Crippen LogP contribution in [0.3, 0.4) is 0 Å². The summed E-state index contributed by atoms with van der Waals surface area (Å²) in [5.74, 6) is 0.945. The van der Waals surface area contributed by atoms with Crippen molar-refractivity contribution in [3.8, 4) is 5.75 Å². The lowest BCUT2D eigenvalue weighted by atomic mass is 10.0. The van der Waals surface area contributed by atoms with Crippen molar-refractivity contribution in [2.75, 3.05) is 33.4 Å². The Bertz CT molecular complexity index is 384. The number of morpholine rings is 1. The van der Waals surface area contributed by atoms with Crippen molar-refractivity contribution in [1.29, 1.82) is 0 Å². The van der Waals surface area contributed by atoms with Crippen LogP contribution in [0.2, 0.25) is 0 Å². The van der Waals surface area contributed by atoms with E-state index >= 15 is 0 Å². The molecule has 1 fully saturated rings. The Morgan fingerprint density at radius 1 is 1.50 bits per heavy atom. The minimum Gasteiger partial charge on any atom is -0.496 e. The smallest absolute Gasteiger partial charge is 0.123 e. The van der Waals surface area contributed by atoms with Gasteiger partial charge in [0.25, 0.3) is 0 Å². The summed E-state index contributed by atoms with van der Waals surface area (Å²) < 4.78 is 11.0. The average molecular weight is 250 g/mol. The lowest BCUT2D eigenvalue weighted by Crippen LogP contribution is -2.46. The number of para-hydroxylation sites is 1. The molecule has 2 rings (SSSR count). The average Bonchev–Trinajstić information content (AvgIpc) is 2.46. The Morgan fingerprint density at radius 2 is 2.28 bits per heavy atom. The van der Waals surface area contributed by atoms with Gasteiger partial charge in [-0.2, -0.15) is 0 Å². The zero-order valence-corrected chi connectivity index (χ0v) is 11.1. The molecule has 4 nitrogen and oxygen atoms in total. The van der Waals surface area contributed by atoms with E-state index in [9.17, 15) is 0 Å². The maximum absolute atomic E-state index is 5.68. The van der Waals surface area contributed by atoms with E-state index in [1.165, 1.54) is 5.56 Å². The van der Waals surface area contributed by atoms with Gasteiger partial charge in [0.1, 0.15) is 5.75 Å². The third kappa shape index (κ3) is 2.83. The second-order valence-corrected chi connectivity index (χ2v) is 4.64. The summed E-state index contributed by atoms with van der Waals surface area (Å²) in [5.41, 5.74) is 6.90. The van der Waals surface area contributed by atoms with Crippen LogP contribution in [0.5, 0.6) is 5.75 Å². The number of nitrogens with two attached hydrogens (primary N) is 1. The van der Waals surface area contributed by atoms with Gasteiger partial charge in [-0.05, 0) is 13.0 Å². The van der Waals surface area contributed by atoms with Crippen LogP contribution in [0.25, 0.3) is 0 Å². The molecular weight excluding hydrogens is 228 g/mol. The van der Waals surface area contributed by atoms with E-state index in [2.05, 4.69) is 24.0 Å². The molecule has 1 aromatic rings. The fourth-order valence-corrected chi connectivity index (χ4v) is 2.44. The molecule has 0 spiro atoms. The lowest BCUT2D eigenvalue weighted by molar-refractivity contribution is -0.0366. The van der Waals surface area contributed by atoms with E-state index in [1.54, 1.807) is 7.11 Å². The van der Waals surface area contributed by atoms with Gasteiger partial charge >= 0.3 is 0 Å². The highest BCUT2D eigenvalue weighted by atomic mass is 16.5. The number of hydrogen-bond donors (Lipinski definition) is 1. The fraction of sp³-hybridized carbons (Fsp3) is 0.571. The van der Waals surface area contributed by atoms with Gasteiger partial charge in [0.2, 0.25) is 0 Å². The van der Waals surface area contributed by atoms with E-state index in [1.807, 2.05) is 12.1 Å². The molecule has 0 amide bonds. The molecule has 4 heteroatoms. The first kappa shape index (κ1) is 13.3. The molecule has 0 aliphatic carbocycles. The topological polar surface area (TPSA) is 47.7 Å². The molecular formula is C14H22N2O2. The second-order valence-electron chi connectivity index (χ2n) is 4.64. The highest BCUT2D eigenvalue weighted by Crippen LogP contribution is 2.29. The number of hydrogen-bond acceptors (Lipinski definition) is 4. The summed E-state index contributed by atoms with van der Waals surface area (Å²) in [6, 6.07) is 8.49. The van der Waals surface area contributed by atoms with Crippen molar-refractivity contribution in [2.45, 2.75) is 19.1 Å². The van der Waals surface area contributed by atoms with E-state index in [0.29, 0.717) is 12.6 Å². The van der Waals surface area contributed by atoms with Gasteiger partial charge in [-0.3, -0.25) is 4.90 Å². The van der Waals surface area contributed by atoms with Crippen molar-refractivity contribution in [2.24, 2.45) is 5.73 Å². The fourth-order valence-electron chi connectivity index (χ4n) is 2.44. The normalized spacial score (nSPS) is 22.7. The SMILES string of the molecule is COc1ccccc1C(C)N1CCOC(CN)C1. The predicted molar refractivity (Wildman–Crippen MR) is 71.8 cm³/mol. The van der Waals surface area contributed by atoms with Gasteiger partial charge in [-0.1, -0.05) is 18.2 Å². The molecule has 100 valence electrons. The van der Waals surface area contributed by atoms with Gasteiger partial charge in [-0.25, -0.2) is 0 Å². The quantitative estimate of drug-likeness (QED) is 0.878. The Hall–Kier alpha value is -1.10. The molecule has 0 radical (unpaired) electrons. The summed E-state index contributed by atoms with van der Waals surface area (Å²) >= 11 is 0. The first-order chi connectivity index (χ1) is 8.76. The van der Waals surface area contributed by atoms with Crippen LogP contribution in [0.1, 0.15) is 18.5 Å². The second kappa shape index (κ2) is 6.18. The Morgan fingerprint density at radius 3 is 3.00 bits per heavy atom. The molecule has 2 N–H and O–H groups in total. The summed E-state index contributed by atoms with van der Waals surface area (Å²) in [4.78, 5) is 2.40. The minimum absolute atomic E-state index is 0.149. The lowest BCUT2D eigenvalue weighted by Gasteiger charge is -2.37. The van der Waals surface area contributed by atoms with Crippen molar-refractivity contribution in [3.63, 3.8) is 0 Å². The standard InChI is InChI=1S/C14H22N2O2/c1-11(13-5-3-4-6-14(13)17-2)16-7-8-18-12(9-15)10-16/h3-6,11-12H,7-10,15H2,1-2H3. The third-order valence-corrected chi connectivity index (χ3v) is 3.57. The Kier molecular flexibility index (Phi) is 4.58. The number of ether oxygens (including phenoxy) is 2. The van der Waals surface area contributed by atoms with Crippen LogP contribution in [0.4, 0.5) is 0 Å². The highest BCUT2D eigenvalue weighted by Gasteiger charge is 2.25. The maximum atomic E-state index is 5.68. The van der Waals surface area contributed by atoms with Crippen LogP contribution in [-0.2, 0) is 4.74 Å². The van der Waals surface area contributed by atoms with E-state index in [4.69, 9.17) is 15.2 Å². The number of rotatable bonds is 4. The largest absolute Gasteiger partial charge is 0.496 e. The first-order valence-corrected chi connectivity index (χ1v) is 6.45. The monoisotopic (exact) mass is 250 g/mol. The van der Waals surface area contributed by atoms with Crippen molar-refractivity contribution in [3.05, 3.63) is 29.8 Å². The highest BCUT2D eigenvalue weighted by molar-refractivity contribution is 5.35. The predicted octanol–water partition coefficient (Wildman–Crippen LogP) is 1.42. The zero-order chi connectivity index (χ0) is 13.0. The van der Waals surface area contributed by atoms with E-state index in [0.717, 1.165) is 25.4 Å². The first-order valence-electron chi connectivity index (χ1n) is 6.45. The summed E-state index contributed by atoms with van der Waals surface area (Å²) in [6.45, 7) is 5.36. The minimum atomic E-state index is 0.149. The van der Waals surface area contributed by atoms with Gasteiger partial charge in [0, 0.05) is 31.2 Å². The Labute approximate surface area is 109 Å². The molecule has 2 unspecified atom stereocenters. The molecule has 1 aliphatic heterocycles. The summed E-state index contributed by atoms with van der Waals surface area (Å²) in [7, 11) is 1.72. The van der Waals surface area contributed by atoms with Crippen molar-refractivity contribution in [1.82, 2.24) is 4.90 Å². The molecule has 2 atom stereocenters. The molecule has 18 heavy (non-hydrogen) atoms. The van der Waals surface area contributed by atoms with Crippen molar-refractivity contribution < 1.29 is 9.47 Å². The molecule has 0 saturated carbocycles. The molecule has 1 heterocycles. The van der Waals surface area contributed by atoms with Crippen LogP contribution in [-0.4, -0.2) is 44.4 Å². The number of benzene rings is 1. The van der Waals surface area contributed by atoms with Gasteiger partial charge in [0.05, 0.1) is 19.8 Å². The van der Waals surface area contributed by atoms with Crippen LogP contribution < -0.4 is 10.5 Å². The molecule has 0 aromatic heterocycles. The van der Waals surface area contributed by atoms with Gasteiger partial charge in [0.15, 0.2) is 0 Å². The van der Waals surface area contributed by atoms with Gasteiger partial charge in [-0.15, -0.1) is 0 Å². The Balaban J connectivity index is 2.12. The van der Waals surface area contributed by atoms with Crippen LogP contribution in [0.15, 0.2) is 24.3 Å². The van der Waals surface area contributed by atoms with Gasteiger partial charge < -0.3 is 15.2 Å².